The summed E-state index contributed by atoms with van der Waals surface area (Å²) in [6.07, 6.45) is 3.44. The molecule has 0 aliphatic carbocycles. The highest BCUT2D eigenvalue weighted by Gasteiger charge is 2.24. The highest BCUT2D eigenvalue weighted by Crippen LogP contribution is 2.27. The van der Waals surface area contributed by atoms with E-state index in [1.165, 1.54) is 24.5 Å². The van der Waals surface area contributed by atoms with Crippen LogP contribution in [-0.2, 0) is 12.0 Å². The fourth-order valence-electron chi connectivity index (χ4n) is 3.28. The van der Waals surface area contributed by atoms with Gasteiger partial charge in [-0.05, 0) is 30.5 Å². The summed E-state index contributed by atoms with van der Waals surface area (Å²) >= 11 is 1.46. The van der Waals surface area contributed by atoms with E-state index in [0.717, 1.165) is 36.5 Å². The molecule has 2 aromatic rings. The van der Waals surface area contributed by atoms with Crippen LogP contribution in [-0.4, -0.2) is 42.0 Å². The molecule has 1 aliphatic rings. The highest BCUT2D eigenvalue weighted by atomic mass is 32.1. The molecule has 0 spiro atoms. The standard InChI is InChI=1S/C21H28FN3O2S/c1-21(2,3)20-23-12-18(28-20)19(26)24-15-7-9-25(10-8-15)13-14-5-6-17(27-4)16(22)11-14/h5-6,11-12,15H,7-10,13H2,1-4H3,(H,24,26). The first-order valence-corrected chi connectivity index (χ1v) is 10.4. The summed E-state index contributed by atoms with van der Waals surface area (Å²) in [4.78, 5) is 19.9. The molecule has 0 atom stereocenters. The molecule has 3 rings (SSSR count). The lowest BCUT2D eigenvalue weighted by molar-refractivity contribution is 0.0913. The summed E-state index contributed by atoms with van der Waals surface area (Å²) in [7, 11) is 1.47. The van der Waals surface area contributed by atoms with Crippen LogP contribution in [0.15, 0.2) is 24.4 Å². The molecule has 0 radical (unpaired) electrons. The number of nitrogens with zero attached hydrogens (tertiary/aromatic N) is 2. The van der Waals surface area contributed by atoms with Gasteiger partial charge in [0.15, 0.2) is 11.6 Å². The lowest BCUT2D eigenvalue weighted by atomic mass is 9.98. The molecular formula is C21H28FN3O2S. The minimum absolute atomic E-state index is 0.0383. The van der Waals surface area contributed by atoms with Crippen molar-refractivity contribution in [1.82, 2.24) is 15.2 Å². The van der Waals surface area contributed by atoms with Crippen LogP contribution in [0.3, 0.4) is 0 Å². The number of piperidine rings is 1. The van der Waals surface area contributed by atoms with Gasteiger partial charge in [-0.2, -0.15) is 0 Å². The maximum absolute atomic E-state index is 13.9. The second-order valence-electron chi connectivity index (χ2n) is 8.27. The lowest BCUT2D eigenvalue weighted by Gasteiger charge is -2.32. The third-order valence-electron chi connectivity index (χ3n) is 4.92. The first-order chi connectivity index (χ1) is 13.3. The van der Waals surface area contributed by atoms with Gasteiger partial charge in [-0.15, -0.1) is 11.3 Å². The van der Waals surface area contributed by atoms with Crippen molar-refractivity contribution in [3.63, 3.8) is 0 Å². The summed E-state index contributed by atoms with van der Waals surface area (Å²) in [5, 5.41) is 4.11. The third kappa shape index (κ3) is 5.08. The molecule has 1 fully saturated rings. The largest absolute Gasteiger partial charge is 0.494 e. The second kappa shape index (κ2) is 8.57. The van der Waals surface area contributed by atoms with Crippen LogP contribution in [0.5, 0.6) is 5.75 Å². The summed E-state index contributed by atoms with van der Waals surface area (Å²) in [6, 6.07) is 5.25. The van der Waals surface area contributed by atoms with E-state index in [1.807, 2.05) is 6.07 Å². The number of likely N-dealkylation sites (tertiary alicyclic amines) is 1. The van der Waals surface area contributed by atoms with Crippen LogP contribution >= 0.6 is 11.3 Å². The first-order valence-electron chi connectivity index (χ1n) is 9.58. The Labute approximate surface area is 169 Å². The fourth-order valence-corrected chi connectivity index (χ4v) is 4.16. The molecule has 5 nitrogen and oxygen atoms in total. The van der Waals surface area contributed by atoms with Crippen molar-refractivity contribution in [1.29, 1.82) is 0 Å². The Hall–Kier alpha value is -1.99. The average Bonchev–Trinajstić information content (AvgIpc) is 3.14. The molecule has 152 valence electrons. The quantitative estimate of drug-likeness (QED) is 0.817. The van der Waals surface area contributed by atoms with Crippen molar-refractivity contribution >= 4 is 17.2 Å². The Morgan fingerprint density at radius 2 is 2.07 bits per heavy atom. The molecule has 0 bridgehead atoms. The van der Waals surface area contributed by atoms with Gasteiger partial charge in [0.25, 0.3) is 5.91 Å². The predicted molar refractivity (Wildman–Crippen MR) is 110 cm³/mol. The predicted octanol–water partition coefficient (Wildman–Crippen LogP) is 3.98. The van der Waals surface area contributed by atoms with E-state index in [1.54, 1.807) is 12.3 Å². The molecule has 1 saturated heterocycles. The maximum Gasteiger partial charge on any atom is 0.263 e. The van der Waals surface area contributed by atoms with E-state index in [9.17, 15) is 9.18 Å². The zero-order valence-electron chi connectivity index (χ0n) is 16.9. The molecule has 1 aliphatic heterocycles. The minimum atomic E-state index is -0.332. The number of aromatic nitrogens is 1. The van der Waals surface area contributed by atoms with E-state index in [-0.39, 0.29) is 28.9 Å². The second-order valence-corrected chi connectivity index (χ2v) is 9.30. The van der Waals surface area contributed by atoms with Gasteiger partial charge in [-0.1, -0.05) is 26.8 Å². The molecule has 1 amide bonds. The lowest BCUT2D eigenvalue weighted by Crippen LogP contribution is -2.44. The number of methoxy groups -OCH3 is 1. The Balaban J connectivity index is 1.49. The summed E-state index contributed by atoms with van der Waals surface area (Å²) < 4.78 is 18.8. The number of carbonyl (C=O) groups excluding carboxylic acids is 1. The molecule has 1 aromatic carbocycles. The molecule has 2 heterocycles. The van der Waals surface area contributed by atoms with Crippen molar-refractivity contribution in [2.45, 2.75) is 51.6 Å². The number of ether oxygens (including phenoxy) is 1. The number of thiazole rings is 1. The topological polar surface area (TPSA) is 54.5 Å². The highest BCUT2D eigenvalue weighted by molar-refractivity contribution is 7.13. The van der Waals surface area contributed by atoms with Gasteiger partial charge < -0.3 is 10.1 Å². The normalized spacial score (nSPS) is 16.2. The van der Waals surface area contributed by atoms with E-state index in [2.05, 4.69) is 36.0 Å². The van der Waals surface area contributed by atoms with Crippen molar-refractivity contribution in [3.8, 4) is 5.75 Å². The monoisotopic (exact) mass is 405 g/mol. The van der Waals surface area contributed by atoms with Crippen LogP contribution in [0.1, 0.15) is 53.9 Å². The van der Waals surface area contributed by atoms with Gasteiger partial charge in [-0.3, -0.25) is 9.69 Å². The molecule has 0 saturated carbocycles. The summed E-state index contributed by atoms with van der Waals surface area (Å²) in [5.74, 6) is -0.104. The van der Waals surface area contributed by atoms with Gasteiger partial charge in [0, 0.05) is 31.1 Å². The van der Waals surface area contributed by atoms with Gasteiger partial charge in [0.1, 0.15) is 4.88 Å². The van der Waals surface area contributed by atoms with Crippen molar-refractivity contribution < 1.29 is 13.9 Å². The zero-order chi connectivity index (χ0) is 20.3. The van der Waals surface area contributed by atoms with Crippen molar-refractivity contribution in [2.24, 2.45) is 0 Å². The SMILES string of the molecule is COc1ccc(CN2CCC(NC(=O)c3cnc(C(C)(C)C)s3)CC2)cc1F. The van der Waals surface area contributed by atoms with E-state index < -0.39 is 0 Å². The Morgan fingerprint density at radius 3 is 2.64 bits per heavy atom. The van der Waals surface area contributed by atoms with Crippen LogP contribution in [0.2, 0.25) is 0 Å². The Bertz CT molecular complexity index is 823. The number of carbonyl (C=O) groups is 1. The summed E-state index contributed by atoms with van der Waals surface area (Å²) in [5.41, 5.74) is 0.885. The number of hydrogen-bond acceptors (Lipinski definition) is 5. The Kier molecular flexibility index (Phi) is 6.35. The maximum atomic E-state index is 13.9. The van der Waals surface area contributed by atoms with Crippen molar-refractivity contribution in [2.75, 3.05) is 20.2 Å². The number of benzene rings is 1. The number of hydrogen-bond donors (Lipinski definition) is 1. The smallest absolute Gasteiger partial charge is 0.263 e. The van der Waals surface area contributed by atoms with Gasteiger partial charge in [0.05, 0.1) is 18.3 Å². The van der Waals surface area contributed by atoms with Gasteiger partial charge >= 0.3 is 0 Å². The molecule has 1 aromatic heterocycles. The first kappa shape index (κ1) is 20.7. The fraction of sp³-hybridized carbons (Fsp3) is 0.524. The molecular weight excluding hydrogens is 377 g/mol. The van der Waals surface area contributed by atoms with E-state index >= 15 is 0 Å². The minimum Gasteiger partial charge on any atom is -0.494 e. The number of rotatable bonds is 5. The van der Waals surface area contributed by atoms with E-state index in [4.69, 9.17) is 4.74 Å². The van der Waals surface area contributed by atoms with Gasteiger partial charge in [-0.25, -0.2) is 9.37 Å². The van der Waals surface area contributed by atoms with Crippen LogP contribution in [0, 0.1) is 5.82 Å². The number of amides is 1. The number of halogens is 1. The van der Waals surface area contributed by atoms with Crippen LogP contribution in [0.25, 0.3) is 0 Å². The molecule has 1 N–H and O–H groups in total. The van der Waals surface area contributed by atoms with Crippen LogP contribution in [0.4, 0.5) is 4.39 Å². The average molecular weight is 406 g/mol. The molecule has 28 heavy (non-hydrogen) atoms. The third-order valence-corrected chi connectivity index (χ3v) is 6.34. The van der Waals surface area contributed by atoms with Gasteiger partial charge in [0.2, 0.25) is 0 Å². The molecule has 7 heteroatoms. The van der Waals surface area contributed by atoms with Crippen molar-refractivity contribution in [3.05, 3.63) is 45.7 Å². The number of nitrogens with one attached hydrogen (secondary N) is 1. The Morgan fingerprint density at radius 1 is 1.36 bits per heavy atom. The zero-order valence-corrected chi connectivity index (χ0v) is 17.7. The van der Waals surface area contributed by atoms with E-state index in [0.29, 0.717) is 11.4 Å². The molecule has 0 unspecified atom stereocenters. The summed E-state index contributed by atoms with van der Waals surface area (Å²) in [6.45, 7) is 8.72. The van der Waals surface area contributed by atoms with Crippen LogP contribution < -0.4 is 10.1 Å².